The van der Waals surface area contributed by atoms with Crippen molar-refractivity contribution in [3.8, 4) is 0 Å². The van der Waals surface area contributed by atoms with Crippen LogP contribution in [0, 0.1) is 5.92 Å². The molecule has 0 aromatic heterocycles. The quantitative estimate of drug-likeness (QED) is 0.757. The molecule has 30 heavy (non-hydrogen) atoms. The number of nitrogens with one attached hydrogen (secondary N) is 1. The third-order valence-corrected chi connectivity index (χ3v) is 5.24. The standard InChI is InChI=1S/C23H29N3O3.ClH/c1-15-13-26(14-16(2)29-15)23(28)19-9-11-20(12-10-19)25-22(27)17(3)21(24)18-7-5-4-6-8-18;/h4-12,15-17,21H,13-14,24H2,1-3H3,(H,25,27);1H. The lowest BCUT2D eigenvalue weighted by Crippen LogP contribution is -2.48. The zero-order valence-corrected chi connectivity index (χ0v) is 18.4. The van der Waals surface area contributed by atoms with Crippen molar-refractivity contribution in [3.63, 3.8) is 0 Å². The van der Waals surface area contributed by atoms with Crippen molar-refractivity contribution in [3.05, 3.63) is 65.7 Å². The molecule has 1 fully saturated rings. The topological polar surface area (TPSA) is 84.7 Å². The zero-order valence-electron chi connectivity index (χ0n) is 17.6. The number of carbonyl (C=O) groups is 2. The van der Waals surface area contributed by atoms with E-state index >= 15 is 0 Å². The number of nitrogens with two attached hydrogens (primary N) is 1. The van der Waals surface area contributed by atoms with E-state index in [2.05, 4.69) is 5.32 Å². The van der Waals surface area contributed by atoms with Gasteiger partial charge in [0.15, 0.2) is 0 Å². The SMILES string of the molecule is CC1CN(C(=O)c2ccc(NC(=O)C(C)C(N)c3ccccc3)cc2)CC(C)O1.Cl. The molecule has 0 bridgehead atoms. The first-order valence-corrected chi connectivity index (χ1v) is 10.0. The van der Waals surface area contributed by atoms with E-state index in [9.17, 15) is 9.59 Å². The highest BCUT2D eigenvalue weighted by Gasteiger charge is 2.27. The normalized spacial score (nSPS) is 20.6. The van der Waals surface area contributed by atoms with Gasteiger partial charge in [-0.1, -0.05) is 37.3 Å². The number of morpholine rings is 1. The minimum atomic E-state index is -0.393. The zero-order chi connectivity index (χ0) is 21.0. The molecule has 1 aliphatic rings. The van der Waals surface area contributed by atoms with Gasteiger partial charge in [0.05, 0.1) is 18.1 Å². The molecule has 162 valence electrons. The Hall–Kier alpha value is -2.41. The van der Waals surface area contributed by atoms with Crippen LogP contribution in [0.15, 0.2) is 54.6 Å². The minimum absolute atomic E-state index is 0. The lowest BCUT2D eigenvalue weighted by molar-refractivity contribution is -0.120. The first-order chi connectivity index (χ1) is 13.8. The van der Waals surface area contributed by atoms with E-state index in [0.717, 1.165) is 5.56 Å². The summed E-state index contributed by atoms with van der Waals surface area (Å²) in [5.41, 5.74) is 8.40. The van der Waals surface area contributed by atoms with E-state index < -0.39 is 5.92 Å². The molecular formula is C23H30ClN3O3. The van der Waals surface area contributed by atoms with Crippen LogP contribution >= 0.6 is 12.4 Å². The van der Waals surface area contributed by atoms with Gasteiger partial charge >= 0.3 is 0 Å². The maximum atomic E-state index is 12.7. The number of nitrogens with zero attached hydrogens (tertiary/aromatic N) is 1. The predicted octanol–water partition coefficient (Wildman–Crippen LogP) is 3.63. The molecule has 1 heterocycles. The van der Waals surface area contributed by atoms with Crippen LogP contribution in [0.2, 0.25) is 0 Å². The highest BCUT2D eigenvalue weighted by Crippen LogP contribution is 2.21. The Morgan fingerprint density at radius 2 is 1.60 bits per heavy atom. The Morgan fingerprint density at radius 1 is 1.03 bits per heavy atom. The summed E-state index contributed by atoms with van der Waals surface area (Å²) >= 11 is 0. The van der Waals surface area contributed by atoms with Gasteiger partial charge < -0.3 is 20.7 Å². The summed E-state index contributed by atoms with van der Waals surface area (Å²) < 4.78 is 5.69. The Morgan fingerprint density at radius 3 is 2.17 bits per heavy atom. The Labute approximate surface area is 184 Å². The van der Waals surface area contributed by atoms with Crippen LogP contribution < -0.4 is 11.1 Å². The van der Waals surface area contributed by atoms with E-state index in [1.54, 1.807) is 24.3 Å². The van der Waals surface area contributed by atoms with Crippen molar-refractivity contribution in [2.75, 3.05) is 18.4 Å². The Bertz CT molecular complexity index is 835. The summed E-state index contributed by atoms with van der Waals surface area (Å²) in [6.45, 7) is 6.91. The van der Waals surface area contributed by atoms with Gasteiger partial charge in [-0.15, -0.1) is 12.4 Å². The van der Waals surface area contributed by atoms with E-state index in [1.165, 1.54) is 0 Å². The van der Waals surface area contributed by atoms with Gasteiger partial charge in [0.2, 0.25) is 5.91 Å². The Balaban J connectivity index is 0.00000320. The maximum Gasteiger partial charge on any atom is 0.254 e. The number of hydrogen-bond donors (Lipinski definition) is 2. The lowest BCUT2D eigenvalue weighted by atomic mass is 9.94. The molecule has 3 N–H and O–H groups in total. The molecule has 0 spiro atoms. The fourth-order valence-electron chi connectivity index (χ4n) is 3.61. The summed E-state index contributed by atoms with van der Waals surface area (Å²) in [4.78, 5) is 27.1. The molecule has 1 aliphatic heterocycles. The molecule has 0 saturated carbocycles. The van der Waals surface area contributed by atoms with Gasteiger partial charge in [0.1, 0.15) is 0 Å². The van der Waals surface area contributed by atoms with Gasteiger partial charge in [0, 0.05) is 30.4 Å². The van der Waals surface area contributed by atoms with Crippen molar-refractivity contribution in [2.24, 2.45) is 11.7 Å². The first kappa shape index (κ1) is 23.9. The van der Waals surface area contributed by atoms with Gasteiger partial charge in [-0.25, -0.2) is 0 Å². The van der Waals surface area contributed by atoms with Crippen molar-refractivity contribution >= 4 is 29.9 Å². The number of rotatable bonds is 5. The van der Waals surface area contributed by atoms with E-state index in [1.807, 2.05) is 56.0 Å². The summed E-state index contributed by atoms with van der Waals surface area (Å²) in [5.74, 6) is -0.573. The molecule has 3 rings (SSSR count). The fourth-order valence-corrected chi connectivity index (χ4v) is 3.61. The van der Waals surface area contributed by atoms with Gasteiger partial charge in [-0.2, -0.15) is 0 Å². The van der Waals surface area contributed by atoms with Crippen LogP contribution in [0.1, 0.15) is 42.7 Å². The summed E-state index contributed by atoms with van der Waals surface area (Å²) in [5, 5.41) is 2.89. The molecule has 0 aliphatic carbocycles. The summed E-state index contributed by atoms with van der Waals surface area (Å²) in [6.07, 6.45) is 0.0492. The average Bonchev–Trinajstić information content (AvgIpc) is 2.72. The third-order valence-electron chi connectivity index (χ3n) is 5.24. The number of hydrogen-bond acceptors (Lipinski definition) is 4. The molecule has 2 aromatic carbocycles. The number of anilines is 1. The molecule has 4 unspecified atom stereocenters. The van der Waals surface area contributed by atoms with Crippen LogP contribution in [0.4, 0.5) is 5.69 Å². The predicted molar refractivity (Wildman–Crippen MR) is 121 cm³/mol. The number of ether oxygens (including phenoxy) is 1. The average molecular weight is 432 g/mol. The molecule has 6 nitrogen and oxygen atoms in total. The molecular weight excluding hydrogens is 402 g/mol. The largest absolute Gasteiger partial charge is 0.372 e. The first-order valence-electron chi connectivity index (χ1n) is 10.0. The highest BCUT2D eigenvalue weighted by atomic mass is 35.5. The Kier molecular flexibility index (Phi) is 8.41. The van der Waals surface area contributed by atoms with Crippen molar-refractivity contribution in [1.82, 2.24) is 4.90 Å². The minimum Gasteiger partial charge on any atom is -0.372 e. The molecule has 4 atom stereocenters. The fraction of sp³-hybridized carbons (Fsp3) is 0.391. The smallest absolute Gasteiger partial charge is 0.254 e. The highest BCUT2D eigenvalue weighted by molar-refractivity contribution is 5.96. The number of amides is 2. The second-order valence-electron chi connectivity index (χ2n) is 7.76. The van der Waals surface area contributed by atoms with Crippen LogP contribution in [-0.2, 0) is 9.53 Å². The lowest BCUT2D eigenvalue weighted by Gasteiger charge is -2.35. The van der Waals surface area contributed by atoms with Crippen molar-refractivity contribution in [2.45, 2.75) is 39.0 Å². The second-order valence-corrected chi connectivity index (χ2v) is 7.76. The van der Waals surface area contributed by atoms with Gasteiger partial charge in [-0.05, 0) is 43.7 Å². The third kappa shape index (κ3) is 5.81. The van der Waals surface area contributed by atoms with E-state index in [4.69, 9.17) is 10.5 Å². The van der Waals surface area contributed by atoms with E-state index in [-0.39, 0.29) is 42.5 Å². The molecule has 1 saturated heterocycles. The monoisotopic (exact) mass is 431 g/mol. The van der Waals surface area contributed by atoms with Crippen LogP contribution in [-0.4, -0.2) is 42.0 Å². The number of halogens is 1. The summed E-state index contributed by atoms with van der Waals surface area (Å²) in [7, 11) is 0. The van der Waals surface area contributed by atoms with Crippen molar-refractivity contribution in [1.29, 1.82) is 0 Å². The molecule has 0 radical (unpaired) electrons. The van der Waals surface area contributed by atoms with Crippen LogP contribution in [0.5, 0.6) is 0 Å². The van der Waals surface area contributed by atoms with Gasteiger partial charge in [0.25, 0.3) is 5.91 Å². The maximum absolute atomic E-state index is 12.7. The van der Waals surface area contributed by atoms with E-state index in [0.29, 0.717) is 24.3 Å². The number of carbonyl (C=O) groups excluding carboxylic acids is 2. The van der Waals surface area contributed by atoms with Crippen molar-refractivity contribution < 1.29 is 14.3 Å². The molecule has 2 aromatic rings. The van der Waals surface area contributed by atoms with Crippen LogP contribution in [0.25, 0.3) is 0 Å². The number of benzene rings is 2. The molecule has 7 heteroatoms. The van der Waals surface area contributed by atoms with Crippen LogP contribution in [0.3, 0.4) is 0 Å². The molecule has 2 amide bonds. The second kappa shape index (κ2) is 10.6. The summed E-state index contributed by atoms with van der Waals surface area (Å²) in [6, 6.07) is 16.2. The van der Waals surface area contributed by atoms with Gasteiger partial charge in [-0.3, -0.25) is 9.59 Å².